The smallest absolute Gasteiger partial charge is 0.412 e. The molecular formula is C19H21N3O7. The van der Waals surface area contributed by atoms with Crippen molar-refractivity contribution in [3.05, 3.63) is 54.0 Å². The zero-order valence-corrected chi connectivity index (χ0v) is 16.1. The van der Waals surface area contributed by atoms with Crippen molar-refractivity contribution < 1.29 is 33.1 Å². The SMILES string of the molecule is CC(C)(C)OC(=O)Nc1ccc(C(=O)OCC(=O)NNC(=O)c2ccco2)cc1. The first-order valence-corrected chi connectivity index (χ1v) is 8.54. The van der Waals surface area contributed by atoms with E-state index in [1.165, 1.54) is 42.7 Å². The van der Waals surface area contributed by atoms with Gasteiger partial charge in [0.2, 0.25) is 0 Å². The van der Waals surface area contributed by atoms with Crippen molar-refractivity contribution in [1.29, 1.82) is 0 Å². The number of hydrogen-bond donors (Lipinski definition) is 3. The molecule has 0 saturated carbocycles. The largest absolute Gasteiger partial charge is 0.459 e. The topological polar surface area (TPSA) is 136 Å². The first kappa shape index (κ1) is 21.5. The van der Waals surface area contributed by atoms with Gasteiger partial charge < -0.3 is 13.9 Å². The maximum absolute atomic E-state index is 12.0. The fraction of sp³-hybridized carbons (Fsp3) is 0.263. The second kappa shape index (κ2) is 9.40. The standard InChI is InChI=1S/C19H21N3O7/c1-19(2,3)29-18(26)20-13-8-6-12(7-9-13)17(25)28-11-15(23)21-22-16(24)14-5-4-10-27-14/h4-10H,11H2,1-3H3,(H,20,26)(H,21,23)(H,22,24). The van der Waals surface area contributed by atoms with Gasteiger partial charge in [0.25, 0.3) is 5.91 Å². The molecule has 0 aliphatic rings. The van der Waals surface area contributed by atoms with Crippen molar-refractivity contribution in [1.82, 2.24) is 10.9 Å². The maximum atomic E-state index is 12.0. The van der Waals surface area contributed by atoms with Gasteiger partial charge in [0.05, 0.1) is 11.8 Å². The highest BCUT2D eigenvalue weighted by Gasteiger charge is 2.17. The van der Waals surface area contributed by atoms with Gasteiger partial charge in [-0.25, -0.2) is 9.59 Å². The lowest BCUT2D eigenvalue weighted by atomic mass is 10.2. The van der Waals surface area contributed by atoms with Gasteiger partial charge in [-0.15, -0.1) is 0 Å². The van der Waals surface area contributed by atoms with Crippen LogP contribution in [0.5, 0.6) is 0 Å². The number of furan rings is 1. The van der Waals surface area contributed by atoms with E-state index in [0.29, 0.717) is 5.69 Å². The van der Waals surface area contributed by atoms with E-state index in [2.05, 4.69) is 16.2 Å². The van der Waals surface area contributed by atoms with Crippen molar-refractivity contribution in [2.24, 2.45) is 0 Å². The third kappa shape index (κ3) is 7.37. The lowest BCUT2D eigenvalue weighted by Gasteiger charge is -2.19. The van der Waals surface area contributed by atoms with Gasteiger partial charge in [-0.2, -0.15) is 0 Å². The molecule has 0 atom stereocenters. The molecule has 3 amide bonds. The van der Waals surface area contributed by atoms with Crippen LogP contribution in [0.2, 0.25) is 0 Å². The van der Waals surface area contributed by atoms with E-state index < -0.39 is 36.1 Å². The minimum absolute atomic E-state index is 0.0161. The molecule has 0 aliphatic carbocycles. The molecule has 1 aromatic heterocycles. The van der Waals surface area contributed by atoms with Crippen molar-refractivity contribution in [2.75, 3.05) is 11.9 Å². The van der Waals surface area contributed by atoms with Crippen molar-refractivity contribution in [2.45, 2.75) is 26.4 Å². The number of ether oxygens (including phenoxy) is 2. The van der Waals surface area contributed by atoms with Gasteiger partial charge in [-0.3, -0.25) is 25.8 Å². The molecule has 3 N–H and O–H groups in total. The van der Waals surface area contributed by atoms with Crippen LogP contribution in [0.15, 0.2) is 47.1 Å². The van der Waals surface area contributed by atoms with Gasteiger partial charge in [-0.05, 0) is 57.2 Å². The molecule has 0 saturated heterocycles. The maximum Gasteiger partial charge on any atom is 0.412 e. The number of benzene rings is 1. The number of nitrogens with one attached hydrogen (secondary N) is 3. The number of hydrazine groups is 1. The van der Waals surface area contributed by atoms with E-state index >= 15 is 0 Å². The van der Waals surface area contributed by atoms with E-state index in [4.69, 9.17) is 13.9 Å². The Morgan fingerprint density at radius 1 is 1.00 bits per heavy atom. The van der Waals surface area contributed by atoms with Gasteiger partial charge >= 0.3 is 18.0 Å². The minimum Gasteiger partial charge on any atom is -0.459 e. The van der Waals surface area contributed by atoms with E-state index in [-0.39, 0.29) is 11.3 Å². The quantitative estimate of drug-likeness (QED) is 0.514. The Bertz CT molecular complexity index is 868. The van der Waals surface area contributed by atoms with E-state index in [0.717, 1.165) is 0 Å². The molecule has 1 aromatic carbocycles. The minimum atomic E-state index is -0.749. The lowest BCUT2D eigenvalue weighted by molar-refractivity contribution is -0.125. The normalized spacial score (nSPS) is 10.6. The Hall–Kier alpha value is -3.82. The Balaban J connectivity index is 1.76. The average molecular weight is 403 g/mol. The van der Waals surface area contributed by atoms with Gasteiger partial charge in [0.1, 0.15) is 5.60 Å². The molecule has 0 aliphatic heterocycles. The van der Waals surface area contributed by atoms with Crippen LogP contribution in [-0.2, 0) is 14.3 Å². The van der Waals surface area contributed by atoms with Gasteiger partial charge in [-0.1, -0.05) is 0 Å². The summed E-state index contributed by atoms with van der Waals surface area (Å²) in [6, 6.07) is 8.77. The summed E-state index contributed by atoms with van der Waals surface area (Å²) in [5, 5.41) is 2.53. The van der Waals surface area contributed by atoms with Crippen LogP contribution in [0.1, 0.15) is 41.7 Å². The van der Waals surface area contributed by atoms with Gasteiger partial charge in [0, 0.05) is 5.69 Å². The summed E-state index contributed by atoms with van der Waals surface area (Å²) in [4.78, 5) is 46.9. The van der Waals surface area contributed by atoms with Crippen LogP contribution >= 0.6 is 0 Å². The molecule has 154 valence electrons. The van der Waals surface area contributed by atoms with Crippen molar-refractivity contribution in [3.8, 4) is 0 Å². The van der Waals surface area contributed by atoms with E-state index in [1.807, 2.05) is 0 Å². The number of esters is 1. The summed E-state index contributed by atoms with van der Waals surface area (Å²) >= 11 is 0. The first-order valence-electron chi connectivity index (χ1n) is 8.54. The average Bonchev–Trinajstić information content (AvgIpc) is 3.18. The molecule has 0 bridgehead atoms. The number of anilines is 1. The monoisotopic (exact) mass is 403 g/mol. The second-order valence-corrected chi connectivity index (χ2v) is 6.76. The number of amides is 3. The predicted molar refractivity (Wildman–Crippen MR) is 101 cm³/mol. The molecular weight excluding hydrogens is 382 g/mol. The zero-order chi connectivity index (χ0) is 21.4. The highest BCUT2D eigenvalue weighted by atomic mass is 16.6. The predicted octanol–water partition coefficient (Wildman–Crippen LogP) is 2.24. The van der Waals surface area contributed by atoms with E-state index in [9.17, 15) is 19.2 Å². The number of carbonyl (C=O) groups excluding carboxylic acids is 4. The Kier molecular flexibility index (Phi) is 6.96. The summed E-state index contributed by atoms with van der Waals surface area (Å²) in [6.07, 6.45) is 0.688. The first-order chi connectivity index (χ1) is 13.6. The fourth-order valence-electron chi connectivity index (χ4n) is 1.96. The van der Waals surface area contributed by atoms with Crippen molar-refractivity contribution in [3.63, 3.8) is 0 Å². The summed E-state index contributed by atoms with van der Waals surface area (Å²) in [6.45, 7) is 4.62. The second-order valence-electron chi connectivity index (χ2n) is 6.76. The van der Waals surface area contributed by atoms with Crippen LogP contribution in [0.25, 0.3) is 0 Å². The van der Waals surface area contributed by atoms with E-state index in [1.54, 1.807) is 20.8 Å². The highest BCUT2D eigenvalue weighted by molar-refractivity contribution is 5.94. The molecule has 29 heavy (non-hydrogen) atoms. The summed E-state index contributed by atoms with van der Waals surface area (Å²) < 4.78 is 14.8. The number of carbonyl (C=O) groups is 4. The number of hydrogen-bond acceptors (Lipinski definition) is 7. The summed E-state index contributed by atoms with van der Waals surface area (Å²) in [5.74, 6) is -2.12. The van der Waals surface area contributed by atoms with Crippen LogP contribution in [0.4, 0.5) is 10.5 Å². The lowest BCUT2D eigenvalue weighted by Crippen LogP contribution is -2.43. The highest BCUT2D eigenvalue weighted by Crippen LogP contribution is 2.13. The molecule has 10 nitrogen and oxygen atoms in total. The molecule has 0 unspecified atom stereocenters. The third-order valence-corrected chi connectivity index (χ3v) is 3.16. The Morgan fingerprint density at radius 2 is 1.69 bits per heavy atom. The third-order valence-electron chi connectivity index (χ3n) is 3.16. The van der Waals surface area contributed by atoms with Crippen LogP contribution in [0.3, 0.4) is 0 Å². The molecule has 2 rings (SSSR count). The number of rotatable bonds is 5. The fourth-order valence-corrected chi connectivity index (χ4v) is 1.96. The van der Waals surface area contributed by atoms with Crippen LogP contribution in [0, 0.1) is 0 Å². The molecule has 1 heterocycles. The Morgan fingerprint density at radius 3 is 2.28 bits per heavy atom. The molecule has 0 fully saturated rings. The van der Waals surface area contributed by atoms with Crippen LogP contribution in [-0.4, -0.2) is 36.1 Å². The van der Waals surface area contributed by atoms with Crippen molar-refractivity contribution >= 4 is 29.6 Å². The molecule has 10 heteroatoms. The van der Waals surface area contributed by atoms with Crippen LogP contribution < -0.4 is 16.2 Å². The molecule has 0 radical (unpaired) electrons. The summed E-state index contributed by atoms with van der Waals surface area (Å²) in [5.41, 5.74) is 4.17. The molecule has 0 spiro atoms. The zero-order valence-electron chi connectivity index (χ0n) is 16.1. The molecule has 2 aromatic rings. The van der Waals surface area contributed by atoms with Gasteiger partial charge in [0.15, 0.2) is 12.4 Å². The summed E-state index contributed by atoms with van der Waals surface area (Å²) in [7, 11) is 0. The Labute approximate surface area is 166 Å².